The third-order valence-corrected chi connectivity index (χ3v) is 2.58. The summed E-state index contributed by atoms with van der Waals surface area (Å²) in [6.07, 6.45) is 0. The third-order valence-electron chi connectivity index (χ3n) is 2.58. The zero-order chi connectivity index (χ0) is 12.8. The highest BCUT2D eigenvalue weighted by Gasteiger charge is 2.21. The second-order valence-corrected chi connectivity index (χ2v) is 4.29. The number of methoxy groups -OCH3 is 1. The zero-order valence-electron chi connectivity index (χ0n) is 10.4. The van der Waals surface area contributed by atoms with E-state index < -0.39 is 0 Å². The van der Waals surface area contributed by atoms with Gasteiger partial charge in [0.25, 0.3) is 0 Å². The molecule has 0 bridgehead atoms. The number of phenolic OH excluding ortho intramolecular Hbond substituents is 1. The number of phenols is 1. The summed E-state index contributed by atoms with van der Waals surface area (Å²) in [5, 5.41) is 12.3. The molecule has 0 saturated carbocycles. The lowest BCUT2D eigenvalue weighted by molar-refractivity contribution is -0.144. The molecule has 0 radical (unpaired) electrons. The number of rotatable bonds is 5. The third kappa shape index (κ3) is 4.07. The molecule has 94 valence electrons. The van der Waals surface area contributed by atoms with Gasteiger partial charge in [-0.05, 0) is 23.6 Å². The van der Waals surface area contributed by atoms with E-state index in [2.05, 4.69) is 5.32 Å². The van der Waals surface area contributed by atoms with Gasteiger partial charge in [0.15, 0.2) is 0 Å². The molecule has 1 aromatic rings. The normalized spacial score (nSPS) is 12.5. The number of carbonyl (C=O) groups excluding carboxylic acids is 1. The number of benzene rings is 1. The Morgan fingerprint density at radius 3 is 2.41 bits per heavy atom. The maximum Gasteiger partial charge on any atom is 0.323 e. The summed E-state index contributed by atoms with van der Waals surface area (Å²) >= 11 is 0. The van der Waals surface area contributed by atoms with Crippen LogP contribution in [-0.4, -0.2) is 24.2 Å². The van der Waals surface area contributed by atoms with E-state index in [4.69, 9.17) is 9.84 Å². The van der Waals surface area contributed by atoms with Crippen molar-refractivity contribution in [3.63, 3.8) is 0 Å². The van der Waals surface area contributed by atoms with Crippen molar-refractivity contribution in [2.45, 2.75) is 26.4 Å². The van der Waals surface area contributed by atoms with Crippen LogP contribution in [0.5, 0.6) is 5.75 Å². The number of esters is 1. The summed E-state index contributed by atoms with van der Waals surface area (Å²) < 4.78 is 4.74. The Hall–Kier alpha value is -1.55. The lowest BCUT2D eigenvalue weighted by atomic mass is 10.0. The summed E-state index contributed by atoms with van der Waals surface area (Å²) in [4.78, 5) is 11.5. The van der Waals surface area contributed by atoms with Crippen LogP contribution in [0.25, 0.3) is 0 Å². The molecule has 1 atom stereocenters. The van der Waals surface area contributed by atoms with Crippen LogP contribution in [0.3, 0.4) is 0 Å². The quantitative estimate of drug-likeness (QED) is 0.765. The van der Waals surface area contributed by atoms with Crippen molar-refractivity contribution in [3.05, 3.63) is 29.8 Å². The summed E-state index contributed by atoms with van der Waals surface area (Å²) in [7, 11) is 1.39. The molecule has 4 heteroatoms. The average molecular weight is 237 g/mol. The van der Waals surface area contributed by atoms with Crippen LogP contribution in [0.15, 0.2) is 24.3 Å². The van der Waals surface area contributed by atoms with Crippen molar-refractivity contribution in [1.82, 2.24) is 5.32 Å². The Kier molecular flexibility index (Phi) is 4.97. The van der Waals surface area contributed by atoms with E-state index in [0.717, 1.165) is 5.56 Å². The summed E-state index contributed by atoms with van der Waals surface area (Å²) in [6, 6.07) is 6.57. The minimum atomic E-state index is -0.311. The molecule has 1 aromatic carbocycles. The summed E-state index contributed by atoms with van der Waals surface area (Å²) in [6.45, 7) is 4.50. The molecule has 4 nitrogen and oxygen atoms in total. The van der Waals surface area contributed by atoms with Crippen molar-refractivity contribution in [3.8, 4) is 5.75 Å². The molecule has 0 aliphatic carbocycles. The summed E-state index contributed by atoms with van der Waals surface area (Å²) in [5.74, 6) is 0.153. The molecule has 2 N–H and O–H groups in total. The Bertz CT molecular complexity index is 359. The zero-order valence-corrected chi connectivity index (χ0v) is 10.4. The minimum Gasteiger partial charge on any atom is -0.508 e. The van der Waals surface area contributed by atoms with Crippen LogP contribution >= 0.6 is 0 Å². The number of ether oxygens (including phenoxy) is 1. The average Bonchev–Trinajstić information content (AvgIpc) is 2.31. The van der Waals surface area contributed by atoms with Crippen LogP contribution in [-0.2, 0) is 16.1 Å². The molecule has 0 heterocycles. The molecule has 0 fully saturated rings. The smallest absolute Gasteiger partial charge is 0.323 e. The van der Waals surface area contributed by atoms with Gasteiger partial charge in [0, 0.05) is 6.54 Å². The minimum absolute atomic E-state index is 0.166. The Labute approximate surface area is 102 Å². The van der Waals surface area contributed by atoms with Crippen LogP contribution in [0.4, 0.5) is 0 Å². The first kappa shape index (κ1) is 13.5. The number of hydrogen-bond acceptors (Lipinski definition) is 4. The highest BCUT2D eigenvalue weighted by Crippen LogP contribution is 2.10. The molecule has 0 saturated heterocycles. The summed E-state index contributed by atoms with van der Waals surface area (Å²) in [5.41, 5.74) is 1.01. The number of nitrogens with one attached hydrogen (secondary N) is 1. The lowest BCUT2D eigenvalue weighted by Crippen LogP contribution is -2.41. The second kappa shape index (κ2) is 6.25. The predicted molar refractivity (Wildman–Crippen MR) is 65.6 cm³/mol. The lowest BCUT2D eigenvalue weighted by Gasteiger charge is -2.19. The fourth-order valence-corrected chi connectivity index (χ4v) is 1.56. The fourth-order valence-electron chi connectivity index (χ4n) is 1.56. The molecule has 0 aliphatic rings. The molecule has 0 unspecified atom stereocenters. The van der Waals surface area contributed by atoms with Crippen molar-refractivity contribution in [2.24, 2.45) is 5.92 Å². The van der Waals surface area contributed by atoms with Crippen molar-refractivity contribution >= 4 is 5.97 Å². The SMILES string of the molecule is COC(=O)[C@H](NCc1ccc(O)cc1)C(C)C. The van der Waals surface area contributed by atoms with Crippen molar-refractivity contribution < 1.29 is 14.6 Å². The van der Waals surface area contributed by atoms with Gasteiger partial charge in [0.05, 0.1) is 7.11 Å². The second-order valence-electron chi connectivity index (χ2n) is 4.29. The highest BCUT2D eigenvalue weighted by molar-refractivity contribution is 5.75. The fraction of sp³-hybridized carbons (Fsp3) is 0.462. The first-order chi connectivity index (χ1) is 8.04. The first-order valence-corrected chi connectivity index (χ1v) is 5.63. The highest BCUT2D eigenvalue weighted by atomic mass is 16.5. The van der Waals surface area contributed by atoms with E-state index in [-0.39, 0.29) is 23.7 Å². The largest absolute Gasteiger partial charge is 0.508 e. The predicted octanol–water partition coefficient (Wildman–Crippen LogP) is 1.68. The van der Waals surface area contributed by atoms with Gasteiger partial charge >= 0.3 is 5.97 Å². The van der Waals surface area contributed by atoms with E-state index in [1.807, 2.05) is 26.0 Å². The molecular formula is C13H19NO3. The van der Waals surface area contributed by atoms with Crippen LogP contribution < -0.4 is 5.32 Å². The standard InChI is InChI=1S/C13H19NO3/c1-9(2)12(13(16)17-3)14-8-10-4-6-11(15)7-5-10/h4-7,9,12,14-15H,8H2,1-3H3/t12-/m1/s1. The van der Waals surface area contributed by atoms with E-state index in [9.17, 15) is 4.79 Å². The monoisotopic (exact) mass is 237 g/mol. The van der Waals surface area contributed by atoms with Crippen LogP contribution in [0, 0.1) is 5.92 Å². The van der Waals surface area contributed by atoms with Gasteiger partial charge in [-0.2, -0.15) is 0 Å². The van der Waals surface area contributed by atoms with E-state index in [0.29, 0.717) is 6.54 Å². The van der Waals surface area contributed by atoms with Gasteiger partial charge in [-0.25, -0.2) is 0 Å². The molecule has 17 heavy (non-hydrogen) atoms. The van der Waals surface area contributed by atoms with E-state index in [1.54, 1.807) is 12.1 Å². The van der Waals surface area contributed by atoms with E-state index >= 15 is 0 Å². The van der Waals surface area contributed by atoms with Gasteiger partial charge in [-0.3, -0.25) is 4.79 Å². The molecule has 0 amide bonds. The molecule has 0 aromatic heterocycles. The molecule has 1 rings (SSSR count). The number of aromatic hydroxyl groups is 1. The topological polar surface area (TPSA) is 58.6 Å². The van der Waals surface area contributed by atoms with Gasteiger partial charge in [0.2, 0.25) is 0 Å². The Balaban J connectivity index is 2.58. The Morgan fingerprint density at radius 2 is 1.94 bits per heavy atom. The van der Waals surface area contributed by atoms with Gasteiger partial charge < -0.3 is 15.2 Å². The molecule has 0 aliphatic heterocycles. The van der Waals surface area contributed by atoms with E-state index in [1.165, 1.54) is 7.11 Å². The maximum atomic E-state index is 11.5. The molecule has 0 spiro atoms. The van der Waals surface area contributed by atoms with Crippen LogP contribution in [0.1, 0.15) is 19.4 Å². The Morgan fingerprint density at radius 1 is 1.35 bits per heavy atom. The van der Waals surface area contributed by atoms with Gasteiger partial charge in [0.1, 0.15) is 11.8 Å². The molecular weight excluding hydrogens is 218 g/mol. The number of carbonyl (C=O) groups is 1. The first-order valence-electron chi connectivity index (χ1n) is 5.63. The van der Waals surface area contributed by atoms with Gasteiger partial charge in [-0.15, -0.1) is 0 Å². The van der Waals surface area contributed by atoms with Crippen molar-refractivity contribution in [2.75, 3.05) is 7.11 Å². The van der Waals surface area contributed by atoms with Gasteiger partial charge in [-0.1, -0.05) is 26.0 Å². The number of hydrogen-bond donors (Lipinski definition) is 2. The maximum absolute atomic E-state index is 11.5. The van der Waals surface area contributed by atoms with Crippen LogP contribution in [0.2, 0.25) is 0 Å². The van der Waals surface area contributed by atoms with Crippen molar-refractivity contribution in [1.29, 1.82) is 0 Å².